The third-order valence-corrected chi connectivity index (χ3v) is 8.86. The molecule has 232 valence electrons. The first-order chi connectivity index (χ1) is 21.0. The lowest BCUT2D eigenvalue weighted by molar-refractivity contribution is -0.129. The maximum Gasteiger partial charge on any atom is 0.258 e. The van der Waals surface area contributed by atoms with Gasteiger partial charge in [-0.1, -0.05) is 29.8 Å². The summed E-state index contributed by atoms with van der Waals surface area (Å²) in [6.45, 7) is -0.0786. The van der Waals surface area contributed by atoms with Gasteiger partial charge in [-0.05, 0) is 84.4 Å². The molecule has 2 N–H and O–H groups in total. The first kappa shape index (κ1) is 34.8. The van der Waals surface area contributed by atoms with Gasteiger partial charge in [0.25, 0.3) is 5.91 Å². The number of halogens is 3. The third kappa shape index (κ3) is 9.15. The minimum absolute atomic E-state index is 0.0747. The van der Waals surface area contributed by atoms with Crippen LogP contribution in [-0.4, -0.2) is 64.7 Å². The molecule has 0 aliphatic carbocycles. The van der Waals surface area contributed by atoms with Crippen molar-refractivity contribution in [3.8, 4) is 24.3 Å². The number of carbonyl (C=O) groups excluding carboxylic acids is 1. The van der Waals surface area contributed by atoms with Gasteiger partial charge in [-0.15, -0.1) is 12.8 Å². The molecule has 0 aliphatic rings. The maximum absolute atomic E-state index is 14.9. The Balaban J connectivity index is 0.00000259. The fourth-order valence-electron chi connectivity index (χ4n) is 3.99. The number of benzene rings is 4. The predicted molar refractivity (Wildman–Crippen MR) is 172 cm³/mol. The molecule has 0 fully saturated rings. The van der Waals surface area contributed by atoms with Gasteiger partial charge in [-0.2, -0.15) is 0 Å². The number of hydroxylamine groups is 1. The highest BCUT2D eigenvalue weighted by Crippen LogP contribution is 2.33. The minimum atomic E-state index is -2.15. The van der Waals surface area contributed by atoms with E-state index in [1.165, 1.54) is 46.0 Å². The van der Waals surface area contributed by atoms with E-state index >= 15 is 0 Å². The van der Waals surface area contributed by atoms with Crippen molar-refractivity contribution in [2.45, 2.75) is 9.79 Å². The van der Waals surface area contributed by atoms with Gasteiger partial charge >= 0.3 is 0 Å². The Labute approximate surface area is 267 Å². The van der Waals surface area contributed by atoms with E-state index in [4.69, 9.17) is 21.5 Å². The predicted octanol–water partition coefficient (Wildman–Crippen LogP) is 6.35. The van der Waals surface area contributed by atoms with Gasteiger partial charge in [0.2, 0.25) is 0 Å². The number of terminal acetylenes is 1. The van der Waals surface area contributed by atoms with Gasteiger partial charge in [-0.3, -0.25) is 10.0 Å². The summed E-state index contributed by atoms with van der Waals surface area (Å²) in [7, 11) is 3.65. The van der Waals surface area contributed by atoms with Crippen LogP contribution in [0, 0.1) is 24.5 Å². The Kier molecular flexibility index (Phi) is 13.0. The lowest BCUT2D eigenvalue weighted by Gasteiger charge is -2.24. The zero-order valence-corrected chi connectivity index (χ0v) is 26.6. The van der Waals surface area contributed by atoms with Crippen molar-refractivity contribution in [1.82, 2.24) is 14.1 Å². The second-order valence-electron chi connectivity index (χ2n) is 9.42. The largest absolute Gasteiger partial charge is 0.451 e. The number of carbonyl (C=O) groups is 1. The number of hydrogen-bond donors (Lipinski definition) is 2. The summed E-state index contributed by atoms with van der Waals surface area (Å²) in [4.78, 5) is 14.8. The van der Waals surface area contributed by atoms with Crippen molar-refractivity contribution >= 4 is 56.9 Å². The molecule has 0 spiro atoms. The smallest absolute Gasteiger partial charge is 0.258 e. The Morgan fingerprint density at radius 2 is 1.66 bits per heavy atom. The molecule has 0 radical (unpaired) electrons. The van der Waals surface area contributed by atoms with Crippen LogP contribution >= 0.6 is 23.5 Å². The number of fused-ring (bicyclic) bond motifs is 1. The first-order valence-electron chi connectivity index (χ1n) is 13.0. The molecule has 1 atom stereocenters. The van der Waals surface area contributed by atoms with Gasteiger partial charge in [0, 0.05) is 42.8 Å². The van der Waals surface area contributed by atoms with Gasteiger partial charge in [-0.25, -0.2) is 27.1 Å². The van der Waals surface area contributed by atoms with Crippen molar-refractivity contribution in [2.24, 2.45) is 0 Å². The van der Waals surface area contributed by atoms with Crippen molar-refractivity contribution in [2.75, 3.05) is 45.7 Å². The molecule has 4 aromatic rings. The van der Waals surface area contributed by atoms with Crippen LogP contribution in [0.4, 0.5) is 14.5 Å². The summed E-state index contributed by atoms with van der Waals surface area (Å²) in [6.07, 6.45) is 8.00. The van der Waals surface area contributed by atoms with Crippen molar-refractivity contribution in [3.05, 3.63) is 89.5 Å². The number of amides is 1. The molecule has 4 rings (SSSR count). The molecule has 0 bridgehead atoms. The standard InChI is InChI=1S/C29H29ClF2N4O4S2.C2H2/c1-34(2)21-9-12-24-19(15-21)5-4-6-27(24)41-35(3)13-14-36(18-28(37)33-38)42(39)23-16-25(31)29(26(32)17-23)40-22-10-7-20(30)8-11-22;1-2/h4-12,15-17,38H,13-14,18H2,1-3H3,(H,33,37);1-2H. The molecule has 1 unspecified atom stereocenters. The summed E-state index contributed by atoms with van der Waals surface area (Å²) in [5.41, 5.74) is 2.59. The fraction of sp³-hybridized carbons (Fsp3) is 0.194. The second-order valence-corrected chi connectivity index (χ2v) is 12.6. The highest BCUT2D eigenvalue weighted by atomic mass is 35.5. The van der Waals surface area contributed by atoms with Crippen LogP contribution in [-0.2, 0) is 15.8 Å². The molecule has 0 heterocycles. The van der Waals surface area contributed by atoms with E-state index < -0.39 is 40.8 Å². The zero-order chi connectivity index (χ0) is 32.4. The molecular weight excluding hydrogens is 630 g/mol. The Hall–Kier alpha value is -3.70. The summed E-state index contributed by atoms with van der Waals surface area (Å²) in [5, 5.41) is 11.6. The van der Waals surface area contributed by atoms with E-state index in [0.29, 0.717) is 11.6 Å². The van der Waals surface area contributed by atoms with Crippen molar-refractivity contribution in [3.63, 3.8) is 0 Å². The average molecular weight is 661 g/mol. The summed E-state index contributed by atoms with van der Waals surface area (Å²) in [6, 6.07) is 19.9. The zero-order valence-electron chi connectivity index (χ0n) is 24.2. The lowest BCUT2D eigenvalue weighted by atomic mass is 10.1. The van der Waals surface area contributed by atoms with Crippen LogP contribution in [0.3, 0.4) is 0 Å². The molecule has 0 aliphatic heterocycles. The summed E-state index contributed by atoms with van der Waals surface area (Å²) in [5.74, 6) is -3.46. The van der Waals surface area contributed by atoms with E-state index in [2.05, 4.69) is 25.0 Å². The molecule has 4 aromatic carbocycles. The Bertz CT molecular complexity index is 1620. The van der Waals surface area contributed by atoms with Gasteiger partial charge in [0.1, 0.15) is 16.7 Å². The fourth-order valence-corrected chi connectivity index (χ4v) is 6.23. The third-order valence-electron chi connectivity index (χ3n) is 6.15. The molecular formula is C31H31ClF2N4O4S2. The van der Waals surface area contributed by atoms with Crippen LogP contribution < -0.4 is 15.1 Å². The maximum atomic E-state index is 14.9. The number of rotatable bonds is 12. The van der Waals surface area contributed by atoms with E-state index in [1.54, 1.807) is 0 Å². The molecule has 44 heavy (non-hydrogen) atoms. The topological polar surface area (TPSA) is 85.3 Å². The average Bonchev–Trinajstić information content (AvgIpc) is 3.02. The van der Waals surface area contributed by atoms with Crippen LogP contribution in [0.5, 0.6) is 11.5 Å². The van der Waals surface area contributed by atoms with Crippen molar-refractivity contribution in [1.29, 1.82) is 0 Å². The van der Waals surface area contributed by atoms with Crippen LogP contribution in [0.2, 0.25) is 5.02 Å². The monoisotopic (exact) mass is 660 g/mol. The van der Waals surface area contributed by atoms with E-state index in [-0.39, 0.29) is 17.2 Å². The molecule has 0 aromatic heterocycles. The summed E-state index contributed by atoms with van der Waals surface area (Å²) >= 11 is 7.31. The minimum Gasteiger partial charge on any atom is -0.451 e. The first-order valence-corrected chi connectivity index (χ1v) is 15.3. The number of anilines is 1. The molecule has 13 heteroatoms. The van der Waals surface area contributed by atoms with Crippen LogP contribution in [0.25, 0.3) is 10.8 Å². The van der Waals surface area contributed by atoms with Crippen LogP contribution in [0.15, 0.2) is 82.6 Å². The Morgan fingerprint density at radius 1 is 1.00 bits per heavy atom. The molecule has 0 saturated carbocycles. The Morgan fingerprint density at radius 3 is 2.27 bits per heavy atom. The number of likely N-dealkylation sites (N-methyl/N-ethyl adjacent to an activating group) is 1. The highest BCUT2D eigenvalue weighted by molar-refractivity contribution is 7.97. The summed E-state index contributed by atoms with van der Waals surface area (Å²) < 4.78 is 51.6. The van der Waals surface area contributed by atoms with Gasteiger partial charge < -0.3 is 9.64 Å². The van der Waals surface area contributed by atoms with E-state index in [9.17, 15) is 17.8 Å². The normalized spacial score (nSPS) is 11.6. The van der Waals surface area contributed by atoms with Crippen LogP contribution in [0.1, 0.15) is 0 Å². The van der Waals surface area contributed by atoms with Crippen molar-refractivity contribution < 1.29 is 27.7 Å². The quantitative estimate of drug-likeness (QED) is 0.0793. The molecule has 1 amide bonds. The second kappa shape index (κ2) is 16.4. The molecule has 0 saturated heterocycles. The number of hydrogen-bond acceptors (Lipinski definition) is 7. The SMILES string of the molecule is C#C.CN(CCN(CC(=O)NO)S(=O)c1cc(F)c(Oc2ccc(Cl)cc2)c(F)c1)Sc1cccc2cc(N(C)C)ccc12. The number of nitrogens with zero attached hydrogens (tertiary/aromatic N) is 3. The number of nitrogens with one attached hydrogen (secondary N) is 1. The van der Waals surface area contributed by atoms with Gasteiger partial charge in [0.15, 0.2) is 17.4 Å². The number of ether oxygens (including phenoxy) is 1. The highest BCUT2D eigenvalue weighted by Gasteiger charge is 2.23. The molecule has 8 nitrogen and oxygen atoms in total. The van der Waals surface area contributed by atoms with Gasteiger partial charge in [0.05, 0.1) is 11.4 Å². The van der Waals surface area contributed by atoms with E-state index in [0.717, 1.165) is 33.5 Å². The van der Waals surface area contributed by atoms with E-state index in [1.807, 2.05) is 54.6 Å². The lowest BCUT2D eigenvalue weighted by Crippen LogP contribution is -2.40.